The van der Waals surface area contributed by atoms with Crippen molar-refractivity contribution in [1.82, 2.24) is 10.2 Å². The van der Waals surface area contributed by atoms with Gasteiger partial charge in [0.1, 0.15) is 11.6 Å². The first kappa shape index (κ1) is 14.9. The van der Waals surface area contributed by atoms with E-state index in [0.29, 0.717) is 24.2 Å². The van der Waals surface area contributed by atoms with Crippen molar-refractivity contribution >= 4 is 0 Å². The fraction of sp³-hybridized carbons (Fsp3) is 0.647. The third-order valence-corrected chi connectivity index (χ3v) is 4.76. The molecule has 1 aliphatic heterocycles. The van der Waals surface area contributed by atoms with Crippen LogP contribution in [0.15, 0.2) is 18.2 Å². The van der Waals surface area contributed by atoms with Gasteiger partial charge in [0.05, 0.1) is 0 Å². The summed E-state index contributed by atoms with van der Waals surface area (Å²) in [5.41, 5.74) is 0.479. The molecule has 21 heavy (non-hydrogen) atoms. The number of hydrogen-bond donors (Lipinski definition) is 1. The van der Waals surface area contributed by atoms with Crippen molar-refractivity contribution in [3.63, 3.8) is 0 Å². The Hall–Kier alpha value is -1.00. The smallest absolute Gasteiger partial charge is 0.127 e. The molecule has 1 N–H and O–H groups in total. The Kier molecular flexibility index (Phi) is 4.55. The number of halogens is 2. The van der Waals surface area contributed by atoms with Crippen LogP contribution in [0.4, 0.5) is 8.78 Å². The van der Waals surface area contributed by atoms with Crippen LogP contribution in [0.3, 0.4) is 0 Å². The average Bonchev–Trinajstić information content (AvgIpc) is 3.29. The first-order valence-corrected chi connectivity index (χ1v) is 8.08. The maximum atomic E-state index is 13.9. The van der Waals surface area contributed by atoms with E-state index in [1.54, 1.807) is 0 Å². The predicted octanol–water partition coefficient (Wildman–Crippen LogP) is 3.32. The highest BCUT2D eigenvalue weighted by Crippen LogP contribution is 2.35. The van der Waals surface area contributed by atoms with Crippen molar-refractivity contribution < 1.29 is 8.78 Å². The summed E-state index contributed by atoms with van der Waals surface area (Å²) in [6.45, 7) is 4.60. The molecule has 2 fully saturated rings. The maximum absolute atomic E-state index is 13.9. The van der Waals surface area contributed by atoms with E-state index in [9.17, 15) is 8.78 Å². The lowest BCUT2D eigenvalue weighted by Gasteiger charge is -2.41. The summed E-state index contributed by atoms with van der Waals surface area (Å²) in [6.07, 6.45) is 4.82. The van der Waals surface area contributed by atoms with Crippen LogP contribution in [0, 0.1) is 17.6 Å². The molecule has 2 nitrogen and oxygen atoms in total. The second-order valence-corrected chi connectivity index (χ2v) is 6.46. The lowest BCUT2D eigenvalue weighted by Crippen LogP contribution is -2.56. The third-order valence-electron chi connectivity index (χ3n) is 4.76. The van der Waals surface area contributed by atoms with Gasteiger partial charge in [-0.3, -0.25) is 4.90 Å². The van der Waals surface area contributed by atoms with E-state index >= 15 is 0 Å². The zero-order chi connectivity index (χ0) is 14.8. The van der Waals surface area contributed by atoms with Crippen LogP contribution in [0.5, 0.6) is 0 Å². The molecule has 2 aliphatic rings. The highest BCUT2D eigenvalue weighted by Gasteiger charge is 2.37. The van der Waals surface area contributed by atoms with E-state index in [2.05, 4.69) is 17.1 Å². The van der Waals surface area contributed by atoms with E-state index in [-0.39, 0.29) is 11.6 Å². The van der Waals surface area contributed by atoms with Gasteiger partial charge in [0.2, 0.25) is 0 Å². The van der Waals surface area contributed by atoms with Crippen LogP contribution < -0.4 is 5.32 Å². The fourth-order valence-electron chi connectivity index (χ4n) is 3.39. The highest BCUT2D eigenvalue weighted by atomic mass is 19.1. The van der Waals surface area contributed by atoms with Crippen LogP contribution in [-0.4, -0.2) is 30.1 Å². The number of rotatable bonds is 5. The van der Waals surface area contributed by atoms with E-state index in [1.165, 1.54) is 31.0 Å². The second-order valence-electron chi connectivity index (χ2n) is 6.46. The molecule has 1 aromatic rings. The molecule has 4 heteroatoms. The van der Waals surface area contributed by atoms with Gasteiger partial charge in [-0.25, -0.2) is 8.78 Å². The van der Waals surface area contributed by atoms with Gasteiger partial charge in [-0.1, -0.05) is 13.3 Å². The van der Waals surface area contributed by atoms with Gasteiger partial charge < -0.3 is 5.32 Å². The Balaban J connectivity index is 1.73. The van der Waals surface area contributed by atoms with Crippen molar-refractivity contribution in [3.8, 4) is 0 Å². The molecule has 0 amide bonds. The number of nitrogens with one attached hydrogen (secondary N) is 1. The highest BCUT2D eigenvalue weighted by molar-refractivity contribution is 5.19. The summed E-state index contributed by atoms with van der Waals surface area (Å²) < 4.78 is 27.3. The van der Waals surface area contributed by atoms with Crippen LogP contribution in [-0.2, 0) is 6.54 Å². The monoisotopic (exact) mass is 294 g/mol. The topological polar surface area (TPSA) is 15.3 Å². The molecule has 116 valence electrons. The van der Waals surface area contributed by atoms with Crippen LogP contribution in [0.2, 0.25) is 0 Å². The third kappa shape index (κ3) is 3.61. The molecule has 1 saturated heterocycles. The summed E-state index contributed by atoms with van der Waals surface area (Å²) >= 11 is 0. The number of piperazine rings is 1. The second kappa shape index (κ2) is 6.41. The minimum absolute atomic E-state index is 0.298. The van der Waals surface area contributed by atoms with Crippen molar-refractivity contribution in [3.05, 3.63) is 35.4 Å². The predicted molar refractivity (Wildman–Crippen MR) is 80.0 cm³/mol. The Labute approximate surface area is 125 Å². The molecule has 0 bridgehead atoms. The van der Waals surface area contributed by atoms with Crippen molar-refractivity contribution in [2.24, 2.45) is 5.92 Å². The van der Waals surface area contributed by atoms with E-state index in [1.807, 2.05) is 0 Å². The fourth-order valence-corrected chi connectivity index (χ4v) is 3.39. The summed E-state index contributed by atoms with van der Waals surface area (Å²) in [5, 5.41) is 3.65. The number of nitrogens with zero attached hydrogens (tertiary/aromatic N) is 1. The molecule has 0 spiro atoms. The minimum Gasteiger partial charge on any atom is -0.311 e. The summed E-state index contributed by atoms with van der Waals surface area (Å²) in [6, 6.07) is 4.71. The number of hydrogen-bond acceptors (Lipinski definition) is 2. The lowest BCUT2D eigenvalue weighted by molar-refractivity contribution is 0.106. The van der Waals surface area contributed by atoms with Gasteiger partial charge >= 0.3 is 0 Å². The standard InChI is InChI=1S/C17H24F2N2/c1-2-3-15-9-20-17(12-4-5-12)11-21(15)10-13-8-14(18)6-7-16(13)19/h6-8,12,15,17,20H,2-5,9-11H2,1H3. The van der Waals surface area contributed by atoms with Crippen molar-refractivity contribution in [2.45, 2.75) is 51.2 Å². The average molecular weight is 294 g/mol. The molecule has 1 aromatic carbocycles. The number of benzene rings is 1. The zero-order valence-electron chi connectivity index (χ0n) is 12.6. The van der Waals surface area contributed by atoms with Gasteiger partial charge in [0.15, 0.2) is 0 Å². The molecule has 0 radical (unpaired) electrons. The molecular weight excluding hydrogens is 270 g/mol. The largest absolute Gasteiger partial charge is 0.311 e. The first-order valence-electron chi connectivity index (χ1n) is 8.08. The lowest BCUT2D eigenvalue weighted by atomic mass is 10.0. The van der Waals surface area contributed by atoms with Gasteiger partial charge in [0.25, 0.3) is 0 Å². The van der Waals surface area contributed by atoms with Crippen molar-refractivity contribution in [2.75, 3.05) is 13.1 Å². The Morgan fingerprint density at radius 1 is 1.29 bits per heavy atom. The normalized spacial score (nSPS) is 27.0. The van der Waals surface area contributed by atoms with Gasteiger partial charge in [-0.05, 0) is 43.4 Å². The Morgan fingerprint density at radius 2 is 2.10 bits per heavy atom. The van der Waals surface area contributed by atoms with Crippen LogP contribution >= 0.6 is 0 Å². The van der Waals surface area contributed by atoms with Crippen LogP contribution in [0.25, 0.3) is 0 Å². The van der Waals surface area contributed by atoms with E-state index in [0.717, 1.165) is 31.8 Å². The summed E-state index contributed by atoms with van der Waals surface area (Å²) in [7, 11) is 0. The molecule has 3 rings (SSSR count). The molecule has 1 saturated carbocycles. The molecule has 2 unspecified atom stereocenters. The molecule has 0 aromatic heterocycles. The molecule has 2 atom stereocenters. The quantitative estimate of drug-likeness (QED) is 0.896. The summed E-state index contributed by atoms with van der Waals surface area (Å²) in [4.78, 5) is 2.35. The van der Waals surface area contributed by atoms with Gasteiger partial charge in [0, 0.05) is 37.3 Å². The molecule has 1 heterocycles. The first-order chi connectivity index (χ1) is 10.2. The summed E-state index contributed by atoms with van der Waals surface area (Å²) in [5.74, 6) is 0.132. The zero-order valence-corrected chi connectivity index (χ0v) is 12.6. The van der Waals surface area contributed by atoms with Crippen molar-refractivity contribution in [1.29, 1.82) is 0 Å². The Bertz CT molecular complexity index is 488. The van der Waals surface area contributed by atoms with Gasteiger partial charge in [-0.15, -0.1) is 0 Å². The Morgan fingerprint density at radius 3 is 2.81 bits per heavy atom. The molecular formula is C17H24F2N2. The minimum atomic E-state index is -0.354. The molecule has 1 aliphatic carbocycles. The van der Waals surface area contributed by atoms with Gasteiger partial charge in [-0.2, -0.15) is 0 Å². The van der Waals surface area contributed by atoms with E-state index in [4.69, 9.17) is 0 Å². The SMILES string of the molecule is CCCC1CNC(C2CC2)CN1Cc1cc(F)ccc1F. The maximum Gasteiger partial charge on any atom is 0.127 e. The van der Waals surface area contributed by atoms with E-state index < -0.39 is 0 Å². The van der Waals surface area contributed by atoms with Crippen LogP contribution in [0.1, 0.15) is 38.2 Å².